The van der Waals surface area contributed by atoms with Crippen LogP contribution in [0.4, 0.5) is 9.93 Å². The number of amides is 2. The summed E-state index contributed by atoms with van der Waals surface area (Å²) < 4.78 is 5.52. The van der Waals surface area contributed by atoms with Gasteiger partial charge in [-0.1, -0.05) is 80.6 Å². The number of nitrogens with zero attached hydrogens (tertiary/aromatic N) is 2. The fourth-order valence-corrected chi connectivity index (χ4v) is 5.01. The molecule has 1 aliphatic carbocycles. The number of rotatable bonds is 7. The van der Waals surface area contributed by atoms with Crippen molar-refractivity contribution in [3.8, 4) is 11.1 Å². The first kappa shape index (κ1) is 24.4. The van der Waals surface area contributed by atoms with Crippen LogP contribution in [0.3, 0.4) is 0 Å². The number of thiazole rings is 1. The van der Waals surface area contributed by atoms with Gasteiger partial charge in [-0.05, 0) is 27.7 Å². The first-order chi connectivity index (χ1) is 16.6. The topological polar surface area (TPSA) is 109 Å². The smallest absolute Gasteiger partial charge is 0.413 e. The van der Waals surface area contributed by atoms with Gasteiger partial charge in [-0.3, -0.25) is 14.9 Å². The van der Waals surface area contributed by atoms with Gasteiger partial charge in [0.1, 0.15) is 18.0 Å². The summed E-state index contributed by atoms with van der Waals surface area (Å²) in [5.41, 5.74) is 4.22. The van der Waals surface area contributed by atoms with E-state index in [9.17, 15) is 19.5 Å². The summed E-state index contributed by atoms with van der Waals surface area (Å²) in [6, 6.07) is 16.1. The Kier molecular flexibility index (Phi) is 6.88. The third-order valence-electron chi connectivity index (χ3n) is 5.55. The van der Waals surface area contributed by atoms with Crippen LogP contribution in [0.1, 0.15) is 47.5 Å². The molecule has 0 unspecified atom stereocenters. The maximum Gasteiger partial charge on any atom is 0.413 e. The Labute approximate surface area is 207 Å². The van der Waals surface area contributed by atoms with Crippen LogP contribution in [0.15, 0.2) is 54.7 Å². The van der Waals surface area contributed by atoms with Gasteiger partial charge in [0.25, 0.3) is 5.91 Å². The number of benzene rings is 2. The molecule has 0 spiro atoms. The molecule has 0 aliphatic heterocycles. The van der Waals surface area contributed by atoms with Crippen molar-refractivity contribution in [1.82, 2.24) is 9.88 Å². The summed E-state index contributed by atoms with van der Waals surface area (Å²) in [5.74, 6) is -1.60. The van der Waals surface area contributed by atoms with Crippen molar-refractivity contribution in [3.05, 3.63) is 70.7 Å². The van der Waals surface area contributed by atoms with Crippen molar-refractivity contribution in [2.45, 2.75) is 26.7 Å². The number of anilines is 1. The van der Waals surface area contributed by atoms with Gasteiger partial charge in [0.15, 0.2) is 5.13 Å². The molecule has 3 aromatic rings. The number of carboxylic acids is 1. The Balaban J connectivity index is 1.40. The quantitative estimate of drug-likeness (QED) is 0.475. The number of hydrogen-bond donors (Lipinski definition) is 2. The van der Waals surface area contributed by atoms with Gasteiger partial charge < -0.3 is 14.7 Å². The minimum atomic E-state index is -1.09. The Bertz CT molecular complexity index is 1220. The number of fused-ring (bicyclic) bond motifs is 3. The van der Waals surface area contributed by atoms with Gasteiger partial charge in [-0.2, -0.15) is 0 Å². The van der Waals surface area contributed by atoms with Crippen molar-refractivity contribution < 1.29 is 24.2 Å². The Hall–Kier alpha value is -3.72. The predicted octanol–water partition coefficient (Wildman–Crippen LogP) is 5.08. The van der Waals surface area contributed by atoms with Gasteiger partial charge in [-0.25, -0.2) is 9.78 Å². The molecule has 2 amide bonds. The van der Waals surface area contributed by atoms with Crippen molar-refractivity contribution in [3.63, 3.8) is 0 Å². The number of carboxylic acid groups (broad SMARTS) is 1. The SMILES string of the molecule is CC(C)(C)CN(CC(=O)O)C(=O)c1cnc(NC(=O)OCC2c3ccccc3-c3ccccc32)s1. The minimum Gasteiger partial charge on any atom is -0.480 e. The standard InChI is InChI=1S/C26H27N3O5S/c1-26(2,3)15-29(13-22(30)31)23(32)21-12-27-24(35-21)28-25(33)34-14-20-18-10-6-4-8-16(18)17-9-5-7-11-19(17)20/h4-12,20H,13-15H2,1-3H3,(H,30,31)(H,27,28,33). The lowest BCUT2D eigenvalue weighted by molar-refractivity contribution is -0.138. The molecule has 35 heavy (non-hydrogen) atoms. The van der Waals surface area contributed by atoms with E-state index in [2.05, 4.69) is 22.4 Å². The molecule has 1 heterocycles. The average molecular weight is 494 g/mol. The highest BCUT2D eigenvalue weighted by Gasteiger charge is 2.29. The molecule has 0 atom stereocenters. The lowest BCUT2D eigenvalue weighted by atomic mass is 9.96. The minimum absolute atomic E-state index is 0.0661. The molecule has 1 aromatic heterocycles. The third kappa shape index (κ3) is 5.68. The molecule has 8 nitrogen and oxygen atoms in total. The normalized spacial score (nSPS) is 12.5. The van der Waals surface area contributed by atoms with Gasteiger partial charge >= 0.3 is 12.1 Å². The van der Waals surface area contributed by atoms with Crippen molar-refractivity contribution in [2.24, 2.45) is 5.41 Å². The van der Waals surface area contributed by atoms with E-state index in [-0.39, 0.29) is 34.5 Å². The van der Waals surface area contributed by atoms with Crippen LogP contribution >= 0.6 is 11.3 Å². The predicted molar refractivity (Wildman–Crippen MR) is 134 cm³/mol. The fourth-order valence-electron chi connectivity index (χ4n) is 4.24. The highest BCUT2D eigenvalue weighted by atomic mass is 32.1. The van der Waals surface area contributed by atoms with Crippen LogP contribution in [0.5, 0.6) is 0 Å². The highest BCUT2D eigenvalue weighted by Crippen LogP contribution is 2.44. The molecule has 4 rings (SSSR count). The molecule has 2 aromatic carbocycles. The lowest BCUT2D eigenvalue weighted by Gasteiger charge is -2.28. The van der Waals surface area contributed by atoms with E-state index in [1.54, 1.807) is 0 Å². The highest BCUT2D eigenvalue weighted by molar-refractivity contribution is 7.17. The molecule has 0 radical (unpaired) electrons. The van der Waals surface area contributed by atoms with Crippen LogP contribution in [-0.4, -0.2) is 52.7 Å². The molecule has 9 heteroatoms. The largest absolute Gasteiger partial charge is 0.480 e. The summed E-state index contributed by atoms with van der Waals surface area (Å²) in [4.78, 5) is 42.2. The van der Waals surface area contributed by atoms with Gasteiger partial charge in [0, 0.05) is 12.5 Å². The average Bonchev–Trinajstić information content (AvgIpc) is 3.38. The summed E-state index contributed by atoms with van der Waals surface area (Å²) in [5, 5.41) is 12.0. The van der Waals surface area contributed by atoms with Crippen molar-refractivity contribution >= 4 is 34.4 Å². The number of carbonyl (C=O) groups is 3. The van der Waals surface area contributed by atoms with E-state index in [0.717, 1.165) is 33.6 Å². The molecule has 1 aliphatic rings. The zero-order chi connectivity index (χ0) is 25.2. The molecule has 2 N–H and O–H groups in total. The number of nitrogens with one attached hydrogen (secondary N) is 1. The van der Waals surface area contributed by atoms with Crippen LogP contribution in [0, 0.1) is 5.41 Å². The molecule has 182 valence electrons. The van der Waals surface area contributed by atoms with E-state index < -0.39 is 24.5 Å². The maximum atomic E-state index is 12.9. The molecular weight excluding hydrogens is 466 g/mol. The number of aliphatic carboxylic acids is 1. The summed E-state index contributed by atoms with van der Waals surface area (Å²) >= 11 is 0.979. The Morgan fingerprint density at radius 1 is 1.06 bits per heavy atom. The summed E-state index contributed by atoms with van der Waals surface area (Å²) in [7, 11) is 0. The molecule has 0 saturated heterocycles. The first-order valence-corrected chi connectivity index (χ1v) is 12.0. The second kappa shape index (κ2) is 9.87. The van der Waals surface area contributed by atoms with E-state index >= 15 is 0 Å². The van der Waals surface area contributed by atoms with E-state index in [1.165, 1.54) is 11.1 Å². The van der Waals surface area contributed by atoms with E-state index in [1.807, 2.05) is 57.2 Å². The van der Waals surface area contributed by atoms with Crippen molar-refractivity contribution in [2.75, 3.05) is 25.0 Å². The second-order valence-electron chi connectivity index (χ2n) is 9.60. The van der Waals surface area contributed by atoms with Crippen LogP contribution in [0.25, 0.3) is 11.1 Å². The van der Waals surface area contributed by atoms with E-state index in [4.69, 9.17) is 4.74 Å². The van der Waals surface area contributed by atoms with Gasteiger partial charge in [-0.15, -0.1) is 0 Å². The lowest BCUT2D eigenvalue weighted by Crippen LogP contribution is -2.40. The zero-order valence-electron chi connectivity index (χ0n) is 19.8. The second-order valence-corrected chi connectivity index (χ2v) is 10.6. The molecule has 0 bridgehead atoms. The summed E-state index contributed by atoms with van der Waals surface area (Å²) in [6.07, 6.45) is 0.668. The molecule has 0 fully saturated rings. The maximum absolute atomic E-state index is 12.9. The van der Waals surface area contributed by atoms with Crippen molar-refractivity contribution in [1.29, 1.82) is 0 Å². The van der Waals surface area contributed by atoms with Crippen LogP contribution in [0.2, 0.25) is 0 Å². The van der Waals surface area contributed by atoms with Crippen LogP contribution in [-0.2, 0) is 9.53 Å². The Morgan fingerprint density at radius 2 is 1.66 bits per heavy atom. The van der Waals surface area contributed by atoms with E-state index in [0.29, 0.717) is 0 Å². The van der Waals surface area contributed by atoms with Gasteiger partial charge in [0.2, 0.25) is 0 Å². The molecule has 0 saturated carbocycles. The first-order valence-electron chi connectivity index (χ1n) is 11.2. The van der Waals surface area contributed by atoms with Gasteiger partial charge in [0.05, 0.1) is 6.20 Å². The Morgan fingerprint density at radius 3 is 2.23 bits per heavy atom. The fraction of sp³-hybridized carbons (Fsp3) is 0.308. The zero-order valence-corrected chi connectivity index (χ0v) is 20.6. The number of ether oxygens (including phenoxy) is 1. The number of aromatic nitrogens is 1. The van der Waals surface area contributed by atoms with Crippen LogP contribution < -0.4 is 5.32 Å². The molecular formula is C26H27N3O5S. The summed E-state index contributed by atoms with van der Waals surface area (Å²) in [6.45, 7) is 5.78. The monoisotopic (exact) mass is 493 g/mol. The third-order valence-corrected chi connectivity index (χ3v) is 6.45. The number of carbonyl (C=O) groups excluding carboxylic acids is 2. The number of hydrogen-bond acceptors (Lipinski definition) is 6.